The molecule has 1 aliphatic heterocycles. The predicted molar refractivity (Wildman–Crippen MR) is 68.2 cm³/mol. The Hall–Kier alpha value is -1.36. The molecule has 3 rings (SSSR count). The van der Waals surface area contributed by atoms with Gasteiger partial charge in [-0.2, -0.15) is 5.10 Å². The van der Waals surface area contributed by atoms with Crippen molar-refractivity contribution in [1.82, 2.24) is 9.78 Å². The van der Waals surface area contributed by atoms with E-state index in [1.807, 2.05) is 0 Å². The van der Waals surface area contributed by atoms with Gasteiger partial charge in [-0.1, -0.05) is 12.8 Å². The fourth-order valence-electron chi connectivity index (χ4n) is 3.19. The minimum Gasteiger partial charge on any atom is -0.397 e. The fraction of sp³-hybridized carbons (Fsp3) is 0.692. The molecule has 1 aliphatic carbocycles. The minimum absolute atomic E-state index is 0.113. The Labute approximate surface area is 106 Å². The predicted octanol–water partition coefficient (Wildman–Crippen LogP) is 1.32. The minimum atomic E-state index is -0.147. The van der Waals surface area contributed by atoms with Gasteiger partial charge in [0.25, 0.3) is 5.56 Å². The molecule has 2 fully saturated rings. The Kier molecular flexibility index (Phi) is 2.86. The van der Waals surface area contributed by atoms with Crippen LogP contribution in [0, 0.1) is 0 Å². The number of nitrogen functional groups attached to an aromatic ring is 1. The van der Waals surface area contributed by atoms with Crippen LogP contribution >= 0.6 is 0 Å². The van der Waals surface area contributed by atoms with E-state index < -0.39 is 0 Å². The van der Waals surface area contributed by atoms with Crippen molar-refractivity contribution in [2.45, 2.75) is 56.8 Å². The Morgan fingerprint density at radius 2 is 2.22 bits per heavy atom. The van der Waals surface area contributed by atoms with Gasteiger partial charge in [-0.15, -0.1) is 0 Å². The molecule has 0 bridgehead atoms. The summed E-state index contributed by atoms with van der Waals surface area (Å²) in [6.45, 7) is 0.543. The number of nitrogens with zero attached hydrogens (tertiary/aromatic N) is 2. The molecule has 5 heteroatoms. The zero-order valence-corrected chi connectivity index (χ0v) is 10.5. The summed E-state index contributed by atoms with van der Waals surface area (Å²) in [5, 5.41) is 4.06. The third-order valence-electron chi connectivity index (χ3n) is 4.12. The highest BCUT2D eigenvalue weighted by atomic mass is 16.5. The maximum Gasteiger partial charge on any atom is 0.268 e. The second-order valence-electron chi connectivity index (χ2n) is 5.48. The van der Waals surface area contributed by atoms with Gasteiger partial charge in [-0.25, -0.2) is 4.68 Å². The van der Waals surface area contributed by atoms with Crippen molar-refractivity contribution in [2.24, 2.45) is 0 Å². The smallest absolute Gasteiger partial charge is 0.268 e. The molecule has 1 unspecified atom stereocenters. The first kappa shape index (κ1) is 11.7. The van der Waals surface area contributed by atoms with E-state index in [1.54, 1.807) is 0 Å². The second-order valence-corrected chi connectivity index (χ2v) is 5.48. The number of anilines is 1. The van der Waals surface area contributed by atoms with Crippen LogP contribution in [-0.2, 0) is 11.3 Å². The quantitative estimate of drug-likeness (QED) is 0.858. The third kappa shape index (κ3) is 2.14. The first-order valence-corrected chi connectivity index (χ1v) is 6.67. The largest absolute Gasteiger partial charge is 0.397 e. The number of ether oxygens (including phenoxy) is 1. The summed E-state index contributed by atoms with van der Waals surface area (Å²) in [4.78, 5) is 11.7. The summed E-state index contributed by atoms with van der Waals surface area (Å²) in [5.41, 5.74) is 5.90. The lowest BCUT2D eigenvalue weighted by Gasteiger charge is -2.23. The van der Waals surface area contributed by atoms with Crippen LogP contribution in [0.15, 0.2) is 17.1 Å². The Morgan fingerprint density at radius 1 is 1.44 bits per heavy atom. The third-order valence-corrected chi connectivity index (χ3v) is 4.12. The molecule has 18 heavy (non-hydrogen) atoms. The van der Waals surface area contributed by atoms with Crippen LogP contribution < -0.4 is 11.3 Å². The molecule has 2 aliphatic rings. The van der Waals surface area contributed by atoms with Gasteiger partial charge < -0.3 is 10.5 Å². The molecule has 0 radical (unpaired) electrons. The van der Waals surface area contributed by atoms with E-state index in [0.29, 0.717) is 12.2 Å². The van der Waals surface area contributed by atoms with Crippen molar-refractivity contribution in [3.63, 3.8) is 0 Å². The zero-order valence-electron chi connectivity index (χ0n) is 10.5. The second kappa shape index (κ2) is 4.39. The van der Waals surface area contributed by atoms with E-state index in [2.05, 4.69) is 5.10 Å². The summed E-state index contributed by atoms with van der Waals surface area (Å²) in [6, 6.07) is 1.41. The first-order valence-electron chi connectivity index (χ1n) is 6.67. The SMILES string of the molecule is Nc1cnn(CC2CCC3(CCCC3)O2)c(=O)c1. The molecule has 1 saturated heterocycles. The highest BCUT2D eigenvalue weighted by Crippen LogP contribution is 2.43. The van der Waals surface area contributed by atoms with E-state index in [1.165, 1.54) is 42.6 Å². The van der Waals surface area contributed by atoms with E-state index >= 15 is 0 Å². The topological polar surface area (TPSA) is 70.1 Å². The number of hydrogen-bond acceptors (Lipinski definition) is 4. The summed E-state index contributed by atoms with van der Waals surface area (Å²) in [7, 11) is 0. The van der Waals surface area contributed by atoms with Gasteiger partial charge in [-0.3, -0.25) is 4.79 Å². The molecule has 1 saturated carbocycles. The summed E-state index contributed by atoms with van der Waals surface area (Å²) in [5.74, 6) is 0. The summed E-state index contributed by atoms with van der Waals surface area (Å²) in [6.07, 6.45) is 8.68. The van der Waals surface area contributed by atoms with Gasteiger partial charge in [-0.05, 0) is 25.7 Å². The summed E-state index contributed by atoms with van der Waals surface area (Å²) < 4.78 is 7.62. The molecule has 2 N–H and O–H groups in total. The Balaban J connectivity index is 1.69. The van der Waals surface area contributed by atoms with Gasteiger partial charge in [0.15, 0.2) is 0 Å². The number of rotatable bonds is 2. The number of aromatic nitrogens is 2. The van der Waals surface area contributed by atoms with Crippen molar-refractivity contribution >= 4 is 5.69 Å². The molecular weight excluding hydrogens is 230 g/mol. The maximum atomic E-state index is 11.7. The molecule has 2 heterocycles. The highest BCUT2D eigenvalue weighted by molar-refractivity contribution is 5.31. The van der Waals surface area contributed by atoms with Crippen LogP contribution in [0.5, 0.6) is 0 Å². The molecule has 98 valence electrons. The molecular formula is C13H19N3O2. The average molecular weight is 249 g/mol. The average Bonchev–Trinajstić information content (AvgIpc) is 2.94. The van der Waals surface area contributed by atoms with Gasteiger partial charge in [0.05, 0.1) is 30.1 Å². The van der Waals surface area contributed by atoms with Crippen LogP contribution in [0.1, 0.15) is 38.5 Å². The molecule has 0 amide bonds. The molecule has 1 aromatic heterocycles. The highest BCUT2D eigenvalue weighted by Gasteiger charge is 2.42. The van der Waals surface area contributed by atoms with Gasteiger partial charge in [0, 0.05) is 6.07 Å². The van der Waals surface area contributed by atoms with E-state index in [0.717, 1.165) is 12.8 Å². The lowest BCUT2D eigenvalue weighted by Crippen LogP contribution is -2.31. The fourth-order valence-corrected chi connectivity index (χ4v) is 3.19. The molecule has 5 nitrogen and oxygen atoms in total. The van der Waals surface area contributed by atoms with Gasteiger partial charge in [0.1, 0.15) is 0 Å². The first-order chi connectivity index (χ1) is 8.67. The van der Waals surface area contributed by atoms with Gasteiger partial charge in [0.2, 0.25) is 0 Å². The van der Waals surface area contributed by atoms with Crippen LogP contribution in [0.3, 0.4) is 0 Å². The van der Waals surface area contributed by atoms with Gasteiger partial charge >= 0.3 is 0 Å². The molecule has 1 atom stereocenters. The Morgan fingerprint density at radius 3 is 2.94 bits per heavy atom. The normalized spacial score (nSPS) is 25.9. The number of hydrogen-bond donors (Lipinski definition) is 1. The van der Waals surface area contributed by atoms with Crippen molar-refractivity contribution in [3.05, 3.63) is 22.6 Å². The van der Waals surface area contributed by atoms with Crippen molar-refractivity contribution in [3.8, 4) is 0 Å². The standard InChI is InChI=1S/C13H19N3O2/c14-10-7-12(17)16(15-8-10)9-11-3-6-13(18-11)4-1-2-5-13/h7-8,11H,1-6,9,14H2. The van der Waals surface area contributed by atoms with Crippen LogP contribution in [0.2, 0.25) is 0 Å². The number of nitrogens with two attached hydrogens (primary N) is 1. The van der Waals surface area contributed by atoms with E-state index in [9.17, 15) is 4.79 Å². The lowest BCUT2D eigenvalue weighted by atomic mass is 9.98. The maximum absolute atomic E-state index is 11.7. The van der Waals surface area contributed by atoms with Crippen LogP contribution in [-0.4, -0.2) is 21.5 Å². The van der Waals surface area contributed by atoms with Crippen molar-refractivity contribution in [1.29, 1.82) is 0 Å². The van der Waals surface area contributed by atoms with E-state index in [-0.39, 0.29) is 17.3 Å². The van der Waals surface area contributed by atoms with Crippen molar-refractivity contribution in [2.75, 3.05) is 5.73 Å². The molecule has 0 aromatic carbocycles. The van der Waals surface area contributed by atoms with E-state index in [4.69, 9.17) is 10.5 Å². The Bertz CT molecular complexity index is 491. The summed E-state index contributed by atoms with van der Waals surface area (Å²) >= 11 is 0. The monoisotopic (exact) mass is 249 g/mol. The van der Waals surface area contributed by atoms with Crippen molar-refractivity contribution < 1.29 is 4.74 Å². The van der Waals surface area contributed by atoms with Crippen LogP contribution in [0.25, 0.3) is 0 Å². The van der Waals surface area contributed by atoms with Crippen LogP contribution in [0.4, 0.5) is 5.69 Å². The zero-order chi connectivity index (χ0) is 12.6. The molecule has 1 spiro atoms. The lowest BCUT2D eigenvalue weighted by molar-refractivity contribution is -0.0433. The molecule has 1 aromatic rings.